The number of rotatable bonds is 6. The summed E-state index contributed by atoms with van der Waals surface area (Å²) in [7, 11) is 0. The fraction of sp³-hybridized carbons (Fsp3) is 0.538. The Morgan fingerprint density at radius 2 is 2.18 bits per heavy atom. The maximum atomic E-state index is 6.20. The minimum absolute atomic E-state index is 0.281. The molecule has 0 spiro atoms. The summed E-state index contributed by atoms with van der Waals surface area (Å²) in [4.78, 5) is 0. The summed E-state index contributed by atoms with van der Waals surface area (Å²) in [5.74, 6) is 6.27. The van der Waals surface area contributed by atoms with Gasteiger partial charge < -0.3 is 0 Å². The zero-order valence-corrected chi connectivity index (χ0v) is 12.7. The van der Waals surface area contributed by atoms with Crippen molar-refractivity contribution < 1.29 is 0 Å². The number of hydrazine groups is 1. The summed E-state index contributed by atoms with van der Waals surface area (Å²) in [6.45, 7) is 4.44. The molecule has 4 heteroatoms. The first-order chi connectivity index (χ1) is 8.06. The molecule has 0 aliphatic carbocycles. The molecule has 0 aliphatic rings. The molecule has 0 saturated carbocycles. The predicted molar refractivity (Wildman–Crippen MR) is 78.0 cm³/mol. The first kappa shape index (κ1) is 15.0. The van der Waals surface area contributed by atoms with Gasteiger partial charge in [-0.05, 0) is 36.5 Å². The number of hydrogen-bond donors (Lipinski definition) is 2. The van der Waals surface area contributed by atoms with Crippen LogP contribution in [0.25, 0.3) is 0 Å². The third kappa shape index (κ3) is 4.96. The second kappa shape index (κ2) is 7.37. The average molecular weight is 320 g/mol. The van der Waals surface area contributed by atoms with E-state index in [1.165, 1.54) is 6.42 Å². The summed E-state index contributed by atoms with van der Waals surface area (Å²) in [5.41, 5.74) is 4.03. The molecule has 0 bridgehead atoms. The molecule has 0 radical (unpaired) electrons. The molecule has 0 heterocycles. The van der Waals surface area contributed by atoms with Gasteiger partial charge in [0.25, 0.3) is 0 Å². The second-order valence-electron chi connectivity index (χ2n) is 4.55. The molecule has 96 valence electrons. The van der Waals surface area contributed by atoms with Crippen LogP contribution >= 0.6 is 27.5 Å². The highest BCUT2D eigenvalue weighted by Gasteiger charge is 2.13. The highest BCUT2D eigenvalue weighted by atomic mass is 79.9. The smallest absolute Gasteiger partial charge is 0.0449 e. The fourth-order valence-corrected chi connectivity index (χ4v) is 2.57. The van der Waals surface area contributed by atoms with E-state index in [-0.39, 0.29) is 6.04 Å². The molecule has 2 unspecified atom stereocenters. The van der Waals surface area contributed by atoms with Gasteiger partial charge in [-0.15, -0.1) is 0 Å². The number of nitrogens with one attached hydrogen (secondary N) is 1. The Morgan fingerprint density at radius 1 is 1.47 bits per heavy atom. The van der Waals surface area contributed by atoms with Gasteiger partial charge >= 0.3 is 0 Å². The van der Waals surface area contributed by atoms with Crippen molar-refractivity contribution >= 4 is 27.5 Å². The Balaban J connectivity index is 2.67. The minimum atomic E-state index is 0.281. The molecule has 1 rings (SSSR count). The summed E-state index contributed by atoms with van der Waals surface area (Å²) < 4.78 is 1.01. The first-order valence-electron chi connectivity index (χ1n) is 5.96. The van der Waals surface area contributed by atoms with Gasteiger partial charge in [0.05, 0.1) is 0 Å². The predicted octanol–water partition coefficient (Wildman–Crippen LogP) is 3.91. The Hall–Kier alpha value is -0.0900. The van der Waals surface area contributed by atoms with Gasteiger partial charge in [-0.1, -0.05) is 53.9 Å². The molecule has 1 aromatic rings. The average Bonchev–Trinajstić information content (AvgIpc) is 2.31. The summed E-state index contributed by atoms with van der Waals surface area (Å²) in [6, 6.07) is 6.27. The number of nitrogens with two attached hydrogens (primary N) is 1. The topological polar surface area (TPSA) is 38.0 Å². The van der Waals surface area contributed by atoms with Gasteiger partial charge in [0, 0.05) is 15.5 Å². The number of halogens is 2. The summed E-state index contributed by atoms with van der Waals surface area (Å²) in [6.07, 6.45) is 3.11. The van der Waals surface area contributed by atoms with Crippen molar-refractivity contribution in [1.82, 2.24) is 5.43 Å². The van der Waals surface area contributed by atoms with Crippen molar-refractivity contribution in [2.45, 2.75) is 39.2 Å². The normalized spacial score (nSPS) is 14.6. The molecule has 0 fully saturated rings. The van der Waals surface area contributed by atoms with E-state index in [0.717, 1.165) is 27.9 Å². The van der Waals surface area contributed by atoms with E-state index < -0.39 is 0 Å². The van der Waals surface area contributed by atoms with E-state index in [1.807, 2.05) is 18.2 Å². The monoisotopic (exact) mass is 318 g/mol. The quantitative estimate of drug-likeness (QED) is 0.616. The second-order valence-corrected chi connectivity index (χ2v) is 5.88. The van der Waals surface area contributed by atoms with Gasteiger partial charge in [-0.2, -0.15) is 0 Å². The number of hydrogen-bond acceptors (Lipinski definition) is 2. The van der Waals surface area contributed by atoms with E-state index in [0.29, 0.717) is 5.92 Å². The lowest BCUT2D eigenvalue weighted by atomic mass is 9.95. The van der Waals surface area contributed by atoms with Gasteiger partial charge in [0.1, 0.15) is 0 Å². The van der Waals surface area contributed by atoms with Crippen molar-refractivity contribution in [2.75, 3.05) is 0 Å². The molecule has 3 N–H and O–H groups in total. The van der Waals surface area contributed by atoms with Crippen LogP contribution in [-0.4, -0.2) is 6.04 Å². The van der Waals surface area contributed by atoms with Crippen molar-refractivity contribution in [3.63, 3.8) is 0 Å². The van der Waals surface area contributed by atoms with Crippen LogP contribution in [0.4, 0.5) is 0 Å². The molecule has 1 aromatic carbocycles. The fourth-order valence-electron chi connectivity index (χ4n) is 1.82. The van der Waals surface area contributed by atoms with Gasteiger partial charge in [0.2, 0.25) is 0 Å². The zero-order chi connectivity index (χ0) is 12.8. The molecule has 0 aromatic heterocycles. The SMILES string of the molecule is CCC(C)CC(Cc1ccc(Br)cc1Cl)NN. The maximum absolute atomic E-state index is 6.20. The van der Waals surface area contributed by atoms with E-state index in [4.69, 9.17) is 17.4 Å². The van der Waals surface area contributed by atoms with Crippen LogP contribution in [0.15, 0.2) is 22.7 Å². The van der Waals surface area contributed by atoms with E-state index >= 15 is 0 Å². The lowest BCUT2D eigenvalue weighted by Crippen LogP contribution is -2.38. The Kier molecular flexibility index (Phi) is 6.49. The lowest BCUT2D eigenvalue weighted by molar-refractivity contribution is 0.396. The molecule has 0 aliphatic heterocycles. The van der Waals surface area contributed by atoms with E-state index in [1.54, 1.807) is 0 Å². The van der Waals surface area contributed by atoms with Crippen molar-refractivity contribution in [3.05, 3.63) is 33.3 Å². The molecule has 2 nitrogen and oxygen atoms in total. The van der Waals surface area contributed by atoms with Crippen LogP contribution in [0, 0.1) is 5.92 Å². The lowest BCUT2D eigenvalue weighted by Gasteiger charge is -2.20. The van der Waals surface area contributed by atoms with Crippen LogP contribution in [-0.2, 0) is 6.42 Å². The molecular weight excluding hydrogens is 300 g/mol. The van der Waals surface area contributed by atoms with Crippen LogP contribution < -0.4 is 11.3 Å². The van der Waals surface area contributed by atoms with Crippen LogP contribution in [0.2, 0.25) is 5.02 Å². The minimum Gasteiger partial charge on any atom is -0.271 e. The highest BCUT2D eigenvalue weighted by Crippen LogP contribution is 2.23. The summed E-state index contributed by atoms with van der Waals surface area (Å²) in [5, 5.41) is 0.795. The van der Waals surface area contributed by atoms with Crippen molar-refractivity contribution in [3.8, 4) is 0 Å². The largest absolute Gasteiger partial charge is 0.271 e. The van der Waals surface area contributed by atoms with Crippen LogP contribution in [0.5, 0.6) is 0 Å². The van der Waals surface area contributed by atoms with Gasteiger partial charge in [-0.25, -0.2) is 0 Å². The molecule has 2 atom stereocenters. The van der Waals surface area contributed by atoms with Crippen LogP contribution in [0.3, 0.4) is 0 Å². The van der Waals surface area contributed by atoms with Gasteiger partial charge in [0.15, 0.2) is 0 Å². The maximum Gasteiger partial charge on any atom is 0.0449 e. The third-order valence-electron chi connectivity index (χ3n) is 3.10. The summed E-state index contributed by atoms with van der Waals surface area (Å²) >= 11 is 9.61. The Morgan fingerprint density at radius 3 is 2.71 bits per heavy atom. The molecule has 0 saturated heterocycles. The molecular formula is C13H20BrClN2. The Labute approximate surface area is 117 Å². The van der Waals surface area contributed by atoms with Crippen molar-refractivity contribution in [2.24, 2.45) is 11.8 Å². The standard InChI is InChI=1S/C13H20BrClN2/c1-3-9(2)6-12(17-16)7-10-4-5-11(14)8-13(10)15/h4-5,8-9,12,17H,3,6-7,16H2,1-2H3. The Bertz CT molecular complexity index is 357. The zero-order valence-electron chi connectivity index (χ0n) is 10.3. The third-order valence-corrected chi connectivity index (χ3v) is 3.95. The first-order valence-corrected chi connectivity index (χ1v) is 7.14. The van der Waals surface area contributed by atoms with E-state index in [9.17, 15) is 0 Å². The molecule has 17 heavy (non-hydrogen) atoms. The number of benzene rings is 1. The molecule has 0 amide bonds. The highest BCUT2D eigenvalue weighted by molar-refractivity contribution is 9.10. The van der Waals surface area contributed by atoms with Gasteiger partial charge in [-0.3, -0.25) is 11.3 Å². The van der Waals surface area contributed by atoms with Crippen LogP contribution in [0.1, 0.15) is 32.3 Å². The van der Waals surface area contributed by atoms with Crippen molar-refractivity contribution in [1.29, 1.82) is 0 Å². The van der Waals surface area contributed by atoms with E-state index in [2.05, 4.69) is 35.2 Å².